The second kappa shape index (κ2) is 4.82. The van der Waals surface area contributed by atoms with Crippen LogP contribution in [0.4, 0.5) is 4.39 Å². The lowest BCUT2D eigenvalue weighted by Gasteiger charge is -2.13. The summed E-state index contributed by atoms with van der Waals surface area (Å²) in [7, 11) is -3.92. The summed E-state index contributed by atoms with van der Waals surface area (Å²) >= 11 is 0. The van der Waals surface area contributed by atoms with Gasteiger partial charge in [-0.2, -0.15) is 0 Å². The minimum absolute atomic E-state index is 0.0378. The number of nitrogens with one attached hydrogen (secondary N) is 1. The Morgan fingerprint density at radius 2 is 2.05 bits per heavy atom. The molecule has 1 aliphatic rings. The van der Waals surface area contributed by atoms with Crippen molar-refractivity contribution >= 4 is 16.0 Å². The lowest BCUT2D eigenvalue weighted by molar-refractivity contribution is 0.0696. The summed E-state index contributed by atoms with van der Waals surface area (Å²) in [5.74, 6) is -2.21. The van der Waals surface area contributed by atoms with Gasteiger partial charge in [0.15, 0.2) is 0 Å². The summed E-state index contributed by atoms with van der Waals surface area (Å²) in [5.41, 5.74) is -0.501. The van der Waals surface area contributed by atoms with Crippen molar-refractivity contribution in [2.24, 2.45) is 5.41 Å². The number of benzene rings is 1. The summed E-state index contributed by atoms with van der Waals surface area (Å²) in [6.07, 6.45) is 1.88. The van der Waals surface area contributed by atoms with E-state index in [-0.39, 0.29) is 28.0 Å². The minimum Gasteiger partial charge on any atom is -0.478 e. The van der Waals surface area contributed by atoms with Gasteiger partial charge in [0.05, 0.1) is 10.5 Å². The Hall–Kier alpha value is -1.47. The van der Waals surface area contributed by atoms with Crippen LogP contribution in [-0.2, 0) is 10.0 Å². The smallest absolute Gasteiger partial charge is 0.335 e. The van der Waals surface area contributed by atoms with E-state index < -0.39 is 21.8 Å². The molecule has 20 heavy (non-hydrogen) atoms. The van der Waals surface area contributed by atoms with E-state index in [1.807, 2.05) is 6.92 Å². The van der Waals surface area contributed by atoms with E-state index in [1.54, 1.807) is 0 Å². The van der Waals surface area contributed by atoms with Crippen molar-refractivity contribution in [1.82, 2.24) is 4.72 Å². The highest BCUT2D eigenvalue weighted by molar-refractivity contribution is 7.89. The van der Waals surface area contributed by atoms with E-state index in [9.17, 15) is 17.6 Å². The molecule has 0 radical (unpaired) electrons. The van der Waals surface area contributed by atoms with Crippen LogP contribution in [0.2, 0.25) is 0 Å². The molecule has 1 aromatic carbocycles. The molecule has 0 atom stereocenters. The van der Waals surface area contributed by atoms with E-state index in [1.165, 1.54) is 6.92 Å². The third-order valence-electron chi connectivity index (χ3n) is 3.63. The van der Waals surface area contributed by atoms with Gasteiger partial charge >= 0.3 is 5.97 Å². The summed E-state index contributed by atoms with van der Waals surface area (Å²) < 4.78 is 40.5. The summed E-state index contributed by atoms with van der Waals surface area (Å²) in [6.45, 7) is 3.54. The van der Waals surface area contributed by atoms with Crippen LogP contribution < -0.4 is 4.72 Å². The van der Waals surface area contributed by atoms with Gasteiger partial charge in [0.25, 0.3) is 0 Å². The van der Waals surface area contributed by atoms with Crippen molar-refractivity contribution < 1.29 is 22.7 Å². The summed E-state index contributed by atoms with van der Waals surface area (Å²) in [6, 6.07) is 1.80. The highest BCUT2D eigenvalue weighted by atomic mass is 32.2. The first-order valence-electron chi connectivity index (χ1n) is 6.18. The molecule has 1 aliphatic carbocycles. The molecular weight excluding hydrogens is 285 g/mol. The Morgan fingerprint density at radius 3 is 2.55 bits per heavy atom. The van der Waals surface area contributed by atoms with Gasteiger partial charge in [0, 0.05) is 12.1 Å². The largest absolute Gasteiger partial charge is 0.478 e. The molecule has 0 heterocycles. The number of carboxylic acid groups (broad SMARTS) is 1. The van der Waals surface area contributed by atoms with Gasteiger partial charge in [-0.15, -0.1) is 0 Å². The fourth-order valence-corrected chi connectivity index (χ4v) is 3.27. The summed E-state index contributed by atoms with van der Waals surface area (Å²) in [5, 5.41) is 8.88. The zero-order valence-corrected chi connectivity index (χ0v) is 12.1. The molecule has 110 valence electrons. The highest BCUT2D eigenvalue weighted by Crippen LogP contribution is 2.44. The van der Waals surface area contributed by atoms with Gasteiger partial charge in [-0.3, -0.25) is 0 Å². The quantitative estimate of drug-likeness (QED) is 0.870. The molecule has 0 amide bonds. The number of rotatable bonds is 5. The maximum Gasteiger partial charge on any atom is 0.335 e. The molecule has 0 bridgehead atoms. The van der Waals surface area contributed by atoms with Crippen molar-refractivity contribution in [2.75, 3.05) is 6.54 Å². The third kappa shape index (κ3) is 2.99. The van der Waals surface area contributed by atoms with Crippen molar-refractivity contribution in [3.8, 4) is 0 Å². The number of halogens is 1. The Kier molecular flexibility index (Phi) is 3.60. The fraction of sp³-hybridized carbons (Fsp3) is 0.462. The van der Waals surface area contributed by atoms with E-state index in [0.29, 0.717) is 0 Å². The molecular formula is C13H16FNO4S. The molecule has 2 N–H and O–H groups in total. The van der Waals surface area contributed by atoms with Crippen LogP contribution in [-0.4, -0.2) is 26.0 Å². The predicted molar refractivity (Wildman–Crippen MR) is 70.6 cm³/mol. The lowest BCUT2D eigenvalue weighted by Crippen LogP contribution is -2.30. The van der Waals surface area contributed by atoms with Gasteiger partial charge in [-0.25, -0.2) is 22.3 Å². The molecule has 0 unspecified atom stereocenters. The first kappa shape index (κ1) is 14.9. The topological polar surface area (TPSA) is 83.5 Å². The second-order valence-corrected chi connectivity index (χ2v) is 7.26. The van der Waals surface area contributed by atoms with Gasteiger partial charge < -0.3 is 5.11 Å². The molecule has 0 spiro atoms. The van der Waals surface area contributed by atoms with E-state index in [0.717, 1.165) is 25.0 Å². The molecule has 0 saturated heterocycles. The number of carboxylic acids is 1. The van der Waals surface area contributed by atoms with Crippen molar-refractivity contribution in [3.05, 3.63) is 29.1 Å². The minimum atomic E-state index is -3.92. The molecule has 0 aliphatic heterocycles. The first-order chi connectivity index (χ1) is 9.15. The van der Waals surface area contributed by atoms with E-state index in [2.05, 4.69) is 4.72 Å². The molecule has 1 fully saturated rings. The maximum absolute atomic E-state index is 13.7. The van der Waals surface area contributed by atoms with Crippen LogP contribution in [0.3, 0.4) is 0 Å². The van der Waals surface area contributed by atoms with Crippen molar-refractivity contribution in [2.45, 2.75) is 31.6 Å². The van der Waals surface area contributed by atoms with Gasteiger partial charge in [0.2, 0.25) is 10.0 Å². The predicted octanol–water partition coefficient (Wildman–Crippen LogP) is 1.91. The molecule has 7 heteroatoms. The van der Waals surface area contributed by atoms with Crippen LogP contribution >= 0.6 is 0 Å². The van der Waals surface area contributed by atoms with Crippen molar-refractivity contribution in [1.29, 1.82) is 0 Å². The first-order valence-corrected chi connectivity index (χ1v) is 7.66. The van der Waals surface area contributed by atoms with E-state index in [4.69, 9.17) is 5.11 Å². The average Bonchev–Trinajstić information content (AvgIpc) is 3.08. The Labute approximate surface area is 116 Å². The summed E-state index contributed by atoms with van der Waals surface area (Å²) in [4.78, 5) is 10.6. The standard InChI is InChI=1S/C13H16FNO4S/c1-8-10(14)5-9(12(16)17)6-11(8)20(18,19)15-7-13(2)3-4-13/h5-6,15H,3-4,7H2,1-2H3,(H,16,17). The SMILES string of the molecule is Cc1c(F)cc(C(=O)O)cc1S(=O)(=O)NCC1(C)CC1. The van der Waals surface area contributed by atoms with Crippen LogP contribution in [0.25, 0.3) is 0 Å². The molecule has 2 rings (SSSR count). The molecule has 0 aromatic heterocycles. The number of sulfonamides is 1. The van der Waals surface area contributed by atoms with Crippen LogP contribution in [0, 0.1) is 18.2 Å². The molecule has 1 aromatic rings. The van der Waals surface area contributed by atoms with Gasteiger partial charge in [0.1, 0.15) is 5.82 Å². The molecule has 5 nitrogen and oxygen atoms in total. The Bertz CT molecular complexity index is 665. The van der Waals surface area contributed by atoms with Crippen molar-refractivity contribution in [3.63, 3.8) is 0 Å². The van der Waals surface area contributed by atoms with Crippen LogP contribution in [0.15, 0.2) is 17.0 Å². The van der Waals surface area contributed by atoms with Crippen LogP contribution in [0.1, 0.15) is 35.7 Å². The highest BCUT2D eigenvalue weighted by Gasteiger charge is 2.38. The molecule has 1 saturated carbocycles. The van der Waals surface area contributed by atoms with E-state index >= 15 is 0 Å². The average molecular weight is 301 g/mol. The third-order valence-corrected chi connectivity index (χ3v) is 5.15. The Morgan fingerprint density at radius 1 is 1.45 bits per heavy atom. The number of aromatic carboxylic acids is 1. The number of hydrogen-bond acceptors (Lipinski definition) is 3. The number of hydrogen-bond donors (Lipinski definition) is 2. The lowest BCUT2D eigenvalue weighted by atomic mass is 10.1. The second-order valence-electron chi connectivity index (χ2n) is 5.52. The zero-order chi connectivity index (χ0) is 15.1. The monoisotopic (exact) mass is 301 g/mol. The maximum atomic E-state index is 13.7. The normalized spacial score (nSPS) is 16.9. The fourth-order valence-electron chi connectivity index (χ4n) is 1.79. The number of carbonyl (C=O) groups is 1. The van der Waals surface area contributed by atoms with Crippen LogP contribution in [0.5, 0.6) is 0 Å². The Balaban J connectivity index is 2.37. The van der Waals surface area contributed by atoms with Gasteiger partial charge in [-0.05, 0) is 37.3 Å². The zero-order valence-electron chi connectivity index (χ0n) is 11.2. The van der Waals surface area contributed by atoms with Gasteiger partial charge in [-0.1, -0.05) is 6.92 Å².